The van der Waals surface area contributed by atoms with Gasteiger partial charge in [-0.2, -0.15) is 0 Å². The Morgan fingerprint density at radius 1 is 1.21 bits per heavy atom. The number of aromatic nitrogens is 5. The van der Waals surface area contributed by atoms with Gasteiger partial charge in [0.2, 0.25) is 0 Å². The van der Waals surface area contributed by atoms with Crippen LogP contribution in [-0.2, 0) is 19.5 Å². The van der Waals surface area contributed by atoms with E-state index in [1.807, 2.05) is 0 Å². The van der Waals surface area contributed by atoms with E-state index in [1.54, 1.807) is 36.2 Å². The summed E-state index contributed by atoms with van der Waals surface area (Å²) in [7, 11) is 1.58. The Kier molecular flexibility index (Phi) is 3.76. The zero-order chi connectivity index (χ0) is 16.5. The third-order valence-corrected chi connectivity index (χ3v) is 4.53. The van der Waals surface area contributed by atoms with Crippen LogP contribution in [0.25, 0.3) is 10.9 Å². The molecule has 0 saturated heterocycles. The monoisotopic (exact) mass is 325 g/mol. The molecule has 7 nitrogen and oxygen atoms in total. The van der Waals surface area contributed by atoms with E-state index < -0.39 is 0 Å². The van der Waals surface area contributed by atoms with Gasteiger partial charge in [-0.3, -0.25) is 9.36 Å². The first-order valence-electron chi connectivity index (χ1n) is 8.20. The maximum atomic E-state index is 12.8. The molecule has 3 aromatic rings. The number of ether oxygens (including phenoxy) is 1. The van der Waals surface area contributed by atoms with Gasteiger partial charge in [0.1, 0.15) is 11.6 Å². The number of benzene rings is 1. The minimum absolute atomic E-state index is 0.0927. The van der Waals surface area contributed by atoms with Gasteiger partial charge in [-0.25, -0.2) is 4.98 Å². The number of fused-ring (bicyclic) bond motifs is 2. The van der Waals surface area contributed by atoms with E-state index in [2.05, 4.69) is 19.7 Å². The van der Waals surface area contributed by atoms with Gasteiger partial charge < -0.3 is 9.30 Å². The number of nitrogens with zero attached hydrogens (tertiary/aromatic N) is 5. The molecule has 0 atom stereocenters. The van der Waals surface area contributed by atoms with Crippen molar-refractivity contribution in [2.45, 2.75) is 38.8 Å². The molecule has 0 radical (unpaired) electrons. The fourth-order valence-corrected chi connectivity index (χ4v) is 3.19. The molecule has 0 unspecified atom stereocenters. The quantitative estimate of drug-likeness (QED) is 0.734. The maximum absolute atomic E-state index is 12.8. The van der Waals surface area contributed by atoms with Crippen LogP contribution in [0, 0.1) is 0 Å². The van der Waals surface area contributed by atoms with Crippen LogP contribution in [0.5, 0.6) is 5.75 Å². The normalized spacial score (nSPS) is 14.4. The highest BCUT2D eigenvalue weighted by atomic mass is 16.5. The van der Waals surface area contributed by atoms with E-state index in [1.165, 1.54) is 6.42 Å². The number of aryl methyl sites for hydroxylation is 1. The average Bonchev–Trinajstić information content (AvgIpc) is 2.83. The minimum atomic E-state index is -0.0927. The molecular weight excluding hydrogens is 306 g/mol. The summed E-state index contributed by atoms with van der Waals surface area (Å²) in [6.07, 6.45) is 6.01. The van der Waals surface area contributed by atoms with Crippen LogP contribution in [0.1, 0.15) is 30.9 Å². The Hall–Kier alpha value is -2.70. The van der Waals surface area contributed by atoms with Crippen molar-refractivity contribution < 1.29 is 4.74 Å². The number of hydrogen-bond acceptors (Lipinski definition) is 5. The van der Waals surface area contributed by atoms with Crippen LogP contribution < -0.4 is 10.3 Å². The molecule has 0 amide bonds. The molecule has 2 aromatic heterocycles. The zero-order valence-electron chi connectivity index (χ0n) is 13.6. The lowest BCUT2D eigenvalue weighted by Gasteiger charge is -2.09. The molecule has 0 bridgehead atoms. The van der Waals surface area contributed by atoms with Crippen LogP contribution in [0.2, 0.25) is 0 Å². The molecule has 1 aliphatic heterocycles. The van der Waals surface area contributed by atoms with Gasteiger partial charge in [0.05, 0.1) is 30.9 Å². The summed E-state index contributed by atoms with van der Waals surface area (Å²) >= 11 is 0. The summed E-state index contributed by atoms with van der Waals surface area (Å²) in [4.78, 5) is 17.1. The molecule has 4 rings (SSSR count). The van der Waals surface area contributed by atoms with Crippen molar-refractivity contribution in [3.63, 3.8) is 0 Å². The van der Waals surface area contributed by atoms with Crippen molar-refractivity contribution in [1.29, 1.82) is 0 Å². The van der Waals surface area contributed by atoms with E-state index >= 15 is 0 Å². The Bertz CT molecular complexity index is 944. The zero-order valence-corrected chi connectivity index (χ0v) is 13.6. The Morgan fingerprint density at radius 3 is 3.00 bits per heavy atom. The van der Waals surface area contributed by atoms with Gasteiger partial charge in [0.25, 0.3) is 5.56 Å². The van der Waals surface area contributed by atoms with E-state index in [9.17, 15) is 4.79 Å². The molecule has 0 saturated carbocycles. The Balaban J connectivity index is 1.74. The number of hydrogen-bond donors (Lipinski definition) is 0. The number of rotatable bonds is 3. The molecule has 1 aliphatic rings. The summed E-state index contributed by atoms with van der Waals surface area (Å²) < 4.78 is 8.94. The van der Waals surface area contributed by atoms with Crippen molar-refractivity contribution >= 4 is 10.9 Å². The van der Waals surface area contributed by atoms with Gasteiger partial charge in [0, 0.05) is 13.0 Å². The molecule has 0 aliphatic carbocycles. The maximum Gasteiger partial charge on any atom is 0.261 e. The topological polar surface area (TPSA) is 74.8 Å². The largest absolute Gasteiger partial charge is 0.497 e. The van der Waals surface area contributed by atoms with Crippen LogP contribution >= 0.6 is 0 Å². The highest BCUT2D eigenvalue weighted by molar-refractivity contribution is 5.78. The first kappa shape index (κ1) is 14.9. The van der Waals surface area contributed by atoms with E-state index in [0.29, 0.717) is 23.2 Å². The second kappa shape index (κ2) is 6.07. The summed E-state index contributed by atoms with van der Waals surface area (Å²) in [5.41, 5.74) is 0.571. The van der Waals surface area contributed by atoms with Crippen LogP contribution in [0.15, 0.2) is 29.3 Å². The predicted molar refractivity (Wildman–Crippen MR) is 89.2 cm³/mol. The Labute approximate surface area is 138 Å². The first-order chi connectivity index (χ1) is 11.8. The van der Waals surface area contributed by atoms with Gasteiger partial charge in [0.15, 0.2) is 5.82 Å². The molecule has 0 fully saturated rings. The summed E-state index contributed by atoms with van der Waals surface area (Å²) in [6, 6.07) is 5.33. The van der Waals surface area contributed by atoms with Crippen molar-refractivity contribution in [3.05, 3.63) is 46.5 Å². The lowest BCUT2D eigenvalue weighted by molar-refractivity contribution is 0.415. The summed E-state index contributed by atoms with van der Waals surface area (Å²) in [5.74, 6) is 2.49. The van der Waals surface area contributed by atoms with Crippen molar-refractivity contribution in [3.8, 4) is 5.75 Å². The lowest BCUT2D eigenvalue weighted by Crippen LogP contribution is -2.23. The van der Waals surface area contributed by atoms with Crippen molar-refractivity contribution in [1.82, 2.24) is 24.3 Å². The summed E-state index contributed by atoms with van der Waals surface area (Å²) in [5, 5.41) is 9.13. The SMILES string of the molecule is COc1ccc2ncn(Cc3nnc4n3CCCCC4)c(=O)c2c1. The standard InChI is InChI=1S/C17H19N5O2/c1-24-12-6-7-14-13(9-12)17(23)21(11-18-14)10-16-20-19-15-5-3-2-4-8-22(15)16/h6-7,9,11H,2-5,8,10H2,1H3. The van der Waals surface area contributed by atoms with E-state index in [0.717, 1.165) is 37.5 Å². The van der Waals surface area contributed by atoms with E-state index in [4.69, 9.17) is 4.74 Å². The molecule has 0 N–H and O–H groups in total. The highest BCUT2D eigenvalue weighted by Crippen LogP contribution is 2.17. The second-order valence-corrected chi connectivity index (χ2v) is 6.06. The Morgan fingerprint density at radius 2 is 2.12 bits per heavy atom. The highest BCUT2D eigenvalue weighted by Gasteiger charge is 2.16. The number of methoxy groups -OCH3 is 1. The van der Waals surface area contributed by atoms with Crippen molar-refractivity contribution in [2.24, 2.45) is 0 Å². The van der Waals surface area contributed by atoms with Crippen LogP contribution in [0.4, 0.5) is 0 Å². The third-order valence-electron chi connectivity index (χ3n) is 4.53. The molecule has 1 aromatic carbocycles. The molecular formula is C17H19N5O2. The lowest BCUT2D eigenvalue weighted by atomic mass is 10.2. The molecule has 0 spiro atoms. The fourth-order valence-electron chi connectivity index (χ4n) is 3.19. The van der Waals surface area contributed by atoms with Crippen molar-refractivity contribution in [2.75, 3.05) is 7.11 Å². The van der Waals surface area contributed by atoms with Gasteiger partial charge >= 0.3 is 0 Å². The van der Waals surface area contributed by atoms with Crippen LogP contribution in [-0.4, -0.2) is 31.4 Å². The molecule has 3 heterocycles. The second-order valence-electron chi connectivity index (χ2n) is 6.06. The van der Waals surface area contributed by atoms with Gasteiger partial charge in [-0.15, -0.1) is 10.2 Å². The predicted octanol–water partition coefficient (Wildman–Crippen LogP) is 1.77. The van der Waals surface area contributed by atoms with Gasteiger partial charge in [-0.1, -0.05) is 6.42 Å². The average molecular weight is 325 g/mol. The smallest absolute Gasteiger partial charge is 0.261 e. The first-order valence-corrected chi connectivity index (χ1v) is 8.20. The third kappa shape index (κ3) is 2.55. The molecule has 124 valence electrons. The van der Waals surface area contributed by atoms with Gasteiger partial charge in [-0.05, 0) is 31.0 Å². The van der Waals surface area contributed by atoms with E-state index in [-0.39, 0.29) is 5.56 Å². The van der Waals surface area contributed by atoms with Crippen LogP contribution in [0.3, 0.4) is 0 Å². The fraction of sp³-hybridized carbons (Fsp3) is 0.412. The molecule has 24 heavy (non-hydrogen) atoms. The summed E-state index contributed by atoms with van der Waals surface area (Å²) in [6.45, 7) is 1.30. The molecule has 7 heteroatoms. The minimum Gasteiger partial charge on any atom is -0.497 e.